The summed E-state index contributed by atoms with van der Waals surface area (Å²) in [5.74, 6) is -3.04. The Morgan fingerprint density at radius 2 is 1.50 bits per heavy atom. The molecule has 0 aromatic heterocycles. The lowest BCUT2D eigenvalue weighted by molar-refractivity contribution is 0.368. The Morgan fingerprint density at radius 3 is 2.15 bits per heavy atom. The summed E-state index contributed by atoms with van der Waals surface area (Å²) in [4.78, 5) is 0. The fraction of sp³-hybridized carbons (Fsp3) is 0.441. The summed E-state index contributed by atoms with van der Waals surface area (Å²) >= 11 is 0. The summed E-state index contributed by atoms with van der Waals surface area (Å²) in [6.45, 7) is 2.07. The van der Waals surface area contributed by atoms with E-state index in [9.17, 15) is 13.2 Å². The van der Waals surface area contributed by atoms with Crippen LogP contribution in [0.5, 0.6) is 0 Å². The highest BCUT2D eigenvalue weighted by molar-refractivity contribution is 5.40. The van der Waals surface area contributed by atoms with E-state index in [4.69, 9.17) is 5.26 Å². The number of fused-ring (bicyclic) bond motifs is 1. The van der Waals surface area contributed by atoms with Crippen molar-refractivity contribution < 1.29 is 22.0 Å². The first-order chi connectivity index (χ1) is 19.3. The van der Waals surface area contributed by atoms with Crippen LogP contribution in [-0.4, -0.2) is 0 Å². The Morgan fingerprint density at radius 1 is 0.800 bits per heavy atom. The number of hydrogen-bond acceptors (Lipinski definition) is 1. The van der Waals surface area contributed by atoms with Gasteiger partial charge in [-0.25, -0.2) is 22.0 Å². The monoisotopic (exact) mass is 551 g/mol. The number of halogens is 5. The molecule has 1 saturated carbocycles. The average molecular weight is 552 g/mol. The molecular weight excluding hydrogens is 517 g/mol. The molecule has 0 bridgehead atoms. The fourth-order valence-corrected chi connectivity index (χ4v) is 6.81. The molecule has 1 fully saturated rings. The summed E-state index contributed by atoms with van der Waals surface area (Å²) in [5.41, 5.74) is 3.05. The molecule has 0 aliphatic heterocycles. The fourth-order valence-electron chi connectivity index (χ4n) is 6.81. The second-order valence-electron chi connectivity index (χ2n) is 11.6. The molecule has 0 radical (unpaired) electrons. The minimum atomic E-state index is -0.875. The number of nitriles is 1. The van der Waals surface area contributed by atoms with Crippen molar-refractivity contribution in [1.82, 2.24) is 0 Å². The van der Waals surface area contributed by atoms with E-state index in [1.807, 2.05) is 12.1 Å². The van der Waals surface area contributed by atoms with E-state index in [0.29, 0.717) is 67.2 Å². The van der Waals surface area contributed by atoms with Gasteiger partial charge in [0.05, 0.1) is 0 Å². The first-order valence-electron chi connectivity index (χ1n) is 14.4. The zero-order chi connectivity index (χ0) is 28.4. The molecule has 2 aliphatic rings. The van der Waals surface area contributed by atoms with Gasteiger partial charge in [-0.05, 0) is 134 Å². The number of nitrogens with zero attached hydrogens (tertiary/aromatic N) is 1. The van der Waals surface area contributed by atoms with Crippen molar-refractivity contribution >= 4 is 0 Å². The molecule has 1 unspecified atom stereocenters. The molecule has 1 atom stereocenters. The van der Waals surface area contributed by atoms with Gasteiger partial charge < -0.3 is 0 Å². The number of benzene rings is 3. The Bertz CT molecular complexity index is 1410. The summed E-state index contributed by atoms with van der Waals surface area (Å²) in [7, 11) is 0. The number of hydrogen-bond donors (Lipinski definition) is 0. The van der Waals surface area contributed by atoms with Crippen LogP contribution in [-0.2, 0) is 25.7 Å². The van der Waals surface area contributed by atoms with Gasteiger partial charge in [-0.3, -0.25) is 0 Å². The molecule has 0 heterocycles. The van der Waals surface area contributed by atoms with Crippen LogP contribution in [0, 0.1) is 46.3 Å². The molecule has 0 amide bonds. The summed E-state index contributed by atoms with van der Waals surface area (Å²) in [6, 6.07) is 10.9. The van der Waals surface area contributed by atoms with E-state index < -0.39 is 28.8 Å². The zero-order valence-corrected chi connectivity index (χ0v) is 22.8. The normalized spacial score (nSPS) is 20.7. The molecule has 0 spiro atoms. The molecule has 0 N–H and O–H groups in total. The minimum absolute atomic E-state index is 0.120. The maximum atomic E-state index is 15.7. The molecule has 6 heteroatoms. The van der Waals surface area contributed by atoms with E-state index in [1.165, 1.54) is 24.3 Å². The molecule has 1 nitrogen and oxygen atoms in total. The average Bonchev–Trinajstić information content (AvgIpc) is 2.93. The van der Waals surface area contributed by atoms with Gasteiger partial charge in [0.2, 0.25) is 0 Å². The van der Waals surface area contributed by atoms with Gasteiger partial charge >= 0.3 is 0 Å². The van der Waals surface area contributed by atoms with Crippen LogP contribution in [0.3, 0.4) is 0 Å². The SMILES string of the molecule is CCCc1ccc(CCC2CCc3c(cc(F)c(C4CCC(c5cc(F)c(C#N)c(F)c5)CC4)c3F)C2)c(F)c1. The largest absolute Gasteiger partial charge is 0.207 e. The third-order valence-corrected chi connectivity index (χ3v) is 9.02. The van der Waals surface area contributed by atoms with Crippen LogP contribution in [0.4, 0.5) is 22.0 Å². The minimum Gasteiger partial charge on any atom is -0.207 e. The van der Waals surface area contributed by atoms with Gasteiger partial charge in [0.1, 0.15) is 40.7 Å². The van der Waals surface area contributed by atoms with Crippen LogP contribution in [0.15, 0.2) is 36.4 Å². The topological polar surface area (TPSA) is 23.8 Å². The lowest BCUT2D eigenvalue weighted by Crippen LogP contribution is -2.21. The first-order valence-corrected chi connectivity index (χ1v) is 14.4. The maximum Gasteiger partial charge on any atom is 0.144 e. The molecule has 3 aromatic carbocycles. The third-order valence-electron chi connectivity index (χ3n) is 9.02. The van der Waals surface area contributed by atoms with Crippen LogP contribution < -0.4 is 0 Å². The summed E-state index contributed by atoms with van der Waals surface area (Å²) in [6.07, 6.45) is 7.27. The van der Waals surface area contributed by atoms with Crippen molar-refractivity contribution in [3.63, 3.8) is 0 Å². The first kappa shape index (κ1) is 28.3. The second kappa shape index (κ2) is 12.1. The van der Waals surface area contributed by atoms with E-state index >= 15 is 8.78 Å². The summed E-state index contributed by atoms with van der Waals surface area (Å²) < 4.78 is 73.8. The van der Waals surface area contributed by atoms with Crippen molar-refractivity contribution in [2.75, 3.05) is 0 Å². The van der Waals surface area contributed by atoms with Crippen LogP contribution in [0.2, 0.25) is 0 Å². The van der Waals surface area contributed by atoms with Crippen molar-refractivity contribution in [2.24, 2.45) is 5.92 Å². The smallest absolute Gasteiger partial charge is 0.144 e. The second-order valence-corrected chi connectivity index (χ2v) is 11.6. The van der Waals surface area contributed by atoms with E-state index in [1.54, 1.807) is 6.07 Å². The van der Waals surface area contributed by atoms with Crippen molar-refractivity contribution in [3.8, 4) is 6.07 Å². The molecule has 5 rings (SSSR count). The van der Waals surface area contributed by atoms with Gasteiger partial charge in [-0.2, -0.15) is 5.26 Å². The number of rotatable bonds is 7. The molecule has 3 aromatic rings. The van der Waals surface area contributed by atoms with E-state index in [2.05, 4.69) is 6.92 Å². The Balaban J connectivity index is 1.24. The highest BCUT2D eigenvalue weighted by atomic mass is 19.1. The molecule has 0 saturated heterocycles. The van der Waals surface area contributed by atoms with E-state index in [0.717, 1.165) is 31.2 Å². The highest BCUT2D eigenvalue weighted by Gasteiger charge is 2.32. The Hall–Kier alpha value is -3.20. The predicted octanol–water partition coefficient (Wildman–Crippen LogP) is 9.39. The number of aryl methyl sites for hydroxylation is 2. The van der Waals surface area contributed by atoms with Gasteiger partial charge in [-0.1, -0.05) is 25.5 Å². The highest BCUT2D eigenvalue weighted by Crippen LogP contribution is 2.44. The third kappa shape index (κ3) is 5.80. The summed E-state index contributed by atoms with van der Waals surface area (Å²) in [5, 5.41) is 8.90. The predicted molar refractivity (Wildman–Crippen MR) is 146 cm³/mol. The van der Waals surface area contributed by atoms with Gasteiger partial charge in [0.15, 0.2) is 0 Å². The quantitative estimate of drug-likeness (QED) is 0.268. The van der Waals surface area contributed by atoms with Crippen LogP contribution in [0.1, 0.15) is 103 Å². The van der Waals surface area contributed by atoms with Crippen LogP contribution in [0.25, 0.3) is 0 Å². The molecular formula is C34H34F5N. The van der Waals surface area contributed by atoms with E-state index in [-0.39, 0.29) is 29.1 Å². The van der Waals surface area contributed by atoms with Crippen LogP contribution >= 0.6 is 0 Å². The van der Waals surface area contributed by atoms with Crippen molar-refractivity contribution in [3.05, 3.63) is 104 Å². The van der Waals surface area contributed by atoms with Crippen molar-refractivity contribution in [1.29, 1.82) is 5.26 Å². The lowest BCUT2D eigenvalue weighted by atomic mass is 9.74. The molecule has 40 heavy (non-hydrogen) atoms. The molecule has 2 aliphatic carbocycles. The van der Waals surface area contributed by atoms with Crippen molar-refractivity contribution in [2.45, 2.75) is 89.4 Å². The maximum absolute atomic E-state index is 15.7. The van der Waals surface area contributed by atoms with Gasteiger partial charge in [0, 0.05) is 5.56 Å². The molecule has 210 valence electrons. The van der Waals surface area contributed by atoms with Gasteiger partial charge in [-0.15, -0.1) is 0 Å². The lowest BCUT2D eigenvalue weighted by Gasteiger charge is -2.32. The van der Waals surface area contributed by atoms with Gasteiger partial charge in [0.25, 0.3) is 0 Å². The zero-order valence-electron chi connectivity index (χ0n) is 22.8. The Kier molecular flexibility index (Phi) is 8.59. The Labute approximate surface area is 233 Å². The standard InChI is InChI=1S/C34H34F5N/c1-2-3-20-4-7-23(29(35)15-20)8-5-21-6-13-27-26(14-21)18-32(38)33(34(27)39)24-11-9-22(10-12-24)25-16-30(36)28(19-40)31(37)17-25/h4,7,15-18,21-22,24H,2-3,5-6,8-14H2,1H3.